The van der Waals surface area contributed by atoms with Gasteiger partial charge in [-0.3, -0.25) is 9.59 Å². The van der Waals surface area contributed by atoms with E-state index in [1.807, 2.05) is 23.9 Å². The van der Waals surface area contributed by atoms with Gasteiger partial charge in [0.05, 0.1) is 10.6 Å². The first-order valence-corrected chi connectivity index (χ1v) is 8.73. The van der Waals surface area contributed by atoms with Crippen LogP contribution in [0.4, 0.5) is 5.69 Å². The van der Waals surface area contributed by atoms with Gasteiger partial charge < -0.3 is 5.32 Å². The molecule has 3 rings (SSSR count). The zero-order chi connectivity index (χ0) is 14.8. The number of benzene rings is 1. The molecule has 0 saturated carbocycles. The molecule has 0 saturated heterocycles. The van der Waals surface area contributed by atoms with E-state index in [1.54, 1.807) is 29.5 Å². The van der Waals surface area contributed by atoms with Crippen molar-refractivity contribution in [2.24, 2.45) is 0 Å². The van der Waals surface area contributed by atoms with Crippen LogP contribution in [-0.2, 0) is 12.2 Å². The molecule has 2 aromatic rings. The van der Waals surface area contributed by atoms with E-state index < -0.39 is 0 Å². The molecule has 0 atom stereocenters. The van der Waals surface area contributed by atoms with E-state index in [1.165, 1.54) is 17.4 Å². The van der Waals surface area contributed by atoms with Crippen molar-refractivity contribution in [2.45, 2.75) is 19.1 Å². The van der Waals surface area contributed by atoms with Gasteiger partial charge in [0.2, 0.25) is 0 Å². The van der Waals surface area contributed by atoms with Crippen molar-refractivity contribution in [2.75, 3.05) is 11.1 Å². The summed E-state index contributed by atoms with van der Waals surface area (Å²) >= 11 is 3.47. The zero-order valence-corrected chi connectivity index (χ0v) is 13.3. The summed E-state index contributed by atoms with van der Waals surface area (Å²) in [6.45, 7) is 1.51. The van der Waals surface area contributed by atoms with Crippen LogP contribution in [0.1, 0.15) is 37.4 Å². The molecule has 0 bridgehead atoms. The number of amides is 1. The maximum atomic E-state index is 12.4. The highest BCUT2D eigenvalue weighted by Crippen LogP contribution is 2.32. The molecule has 108 valence electrons. The average Bonchev–Trinajstić information content (AvgIpc) is 2.91. The maximum absolute atomic E-state index is 12.4. The number of para-hydroxylation sites is 1. The molecule has 2 heterocycles. The second kappa shape index (κ2) is 6.03. The number of hydrogen-bond acceptors (Lipinski definition) is 4. The van der Waals surface area contributed by atoms with Gasteiger partial charge in [-0.25, -0.2) is 0 Å². The molecule has 1 aliphatic heterocycles. The fraction of sp³-hybridized carbons (Fsp3) is 0.250. The quantitative estimate of drug-likeness (QED) is 0.871. The third-order valence-corrected chi connectivity index (χ3v) is 5.65. The Morgan fingerprint density at radius 1 is 1.24 bits per heavy atom. The molecule has 1 aromatic heterocycles. The standard InChI is InChI=1S/C16H15NO2S2/c1-10(18)12-4-2-3-5-13(12)17-16(19)15-8-11-9-20-7-6-14(11)21-15/h2-5,8H,6-7,9H2,1H3,(H,17,19). The van der Waals surface area contributed by atoms with Crippen molar-refractivity contribution in [3.05, 3.63) is 51.2 Å². The SMILES string of the molecule is CC(=O)c1ccccc1NC(=O)c1cc2c(s1)CCSC2. The molecule has 0 unspecified atom stereocenters. The van der Waals surface area contributed by atoms with Crippen LogP contribution in [0.15, 0.2) is 30.3 Å². The summed E-state index contributed by atoms with van der Waals surface area (Å²) in [5.41, 5.74) is 2.40. The van der Waals surface area contributed by atoms with E-state index in [2.05, 4.69) is 5.32 Å². The molecular weight excluding hydrogens is 302 g/mol. The molecule has 0 fully saturated rings. The molecule has 0 spiro atoms. The highest BCUT2D eigenvalue weighted by Gasteiger charge is 2.18. The number of Topliss-reactive ketones (excluding diaryl/α,β-unsaturated/α-hetero) is 1. The van der Waals surface area contributed by atoms with Crippen LogP contribution < -0.4 is 5.32 Å². The fourth-order valence-corrected chi connectivity index (χ4v) is 4.61. The van der Waals surface area contributed by atoms with E-state index in [0.29, 0.717) is 11.3 Å². The number of anilines is 1. The van der Waals surface area contributed by atoms with Crippen LogP contribution in [0.25, 0.3) is 0 Å². The van der Waals surface area contributed by atoms with E-state index >= 15 is 0 Å². The third-order valence-electron chi connectivity index (χ3n) is 3.41. The van der Waals surface area contributed by atoms with Gasteiger partial charge in [-0.1, -0.05) is 12.1 Å². The maximum Gasteiger partial charge on any atom is 0.265 e. The number of thiophene rings is 1. The second-order valence-corrected chi connectivity index (χ2v) is 7.16. The van der Waals surface area contributed by atoms with Crippen molar-refractivity contribution in [1.29, 1.82) is 0 Å². The Labute approximate surface area is 131 Å². The Balaban J connectivity index is 1.83. The van der Waals surface area contributed by atoms with Crippen LogP contribution in [0.3, 0.4) is 0 Å². The van der Waals surface area contributed by atoms with Gasteiger partial charge in [-0.15, -0.1) is 11.3 Å². The monoisotopic (exact) mass is 317 g/mol. The topological polar surface area (TPSA) is 46.2 Å². The second-order valence-electron chi connectivity index (χ2n) is 4.92. The highest BCUT2D eigenvalue weighted by molar-refractivity contribution is 7.98. The molecule has 1 aromatic carbocycles. The number of carbonyl (C=O) groups is 2. The van der Waals surface area contributed by atoms with Crippen LogP contribution in [0.5, 0.6) is 0 Å². The molecule has 1 amide bonds. The van der Waals surface area contributed by atoms with Crippen LogP contribution >= 0.6 is 23.1 Å². The molecule has 21 heavy (non-hydrogen) atoms. The minimum absolute atomic E-state index is 0.0484. The van der Waals surface area contributed by atoms with Gasteiger partial charge in [0.25, 0.3) is 5.91 Å². The Kier molecular flexibility index (Phi) is 4.12. The summed E-state index contributed by atoms with van der Waals surface area (Å²) in [5.74, 6) is 1.94. The minimum atomic E-state index is -0.131. The van der Waals surface area contributed by atoms with Crippen molar-refractivity contribution >= 4 is 40.5 Å². The molecular formula is C16H15NO2S2. The highest BCUT2D eigenvalue weighted by atomic mass is 32.2. The average molecular weight is 317 g/mol. The van der Waals surface area contributed by atoms with Gasteiger partial charge in [-0.05, 0) is 42.9 Å². The number of nitrogens with one attached hydrogen (secondary N) is 1. The van der Waals surface area contributed by atoms with Gasteiger partial charge in [-0.2, -0.15) is 11.8 Å². The number of fused-ring (bicyclic) bond motifs is 1. The minimum Gasteiger partial charge on any atom is -0.321 e. The predicted octanol–water partition coefficient (Wildman–Crippen LogP) is 3.99. The Bertz CT molecular complexity index is 683. The van der Waals surface area contributed by atoms with E-state index in [9.17, 15) is 9.59 Å². The van der Waals surface area contributed by atoms with Crippen molar-refractivity contribution in [1.82, 2.24) is 0 Å². The van der Waals surface area contributed by atoms with E-state index in [-0.39, 0.29) is 11.7 Å². The molecule has 0 aliphatic carbocycles. The summed E-state index contributed by atoms with van der Waals surface area (Å²) in [7, 11) is 0. The lowest BCUT2D eigenvalue weighted by atomic mass is 10.1. The number of hydrogen-bond donors (Lipinski definition) is 1. The van der Waals surface area contributed by atoms with Crippen LogP contribution in [-0.4, -0.2) is 17.4 Å². The molecule has 0 radical (unpaired) electrons. The summed E-state index contributed by atoms with van der Waals surface area (Å²) in [4.78, 5) is 26.0. The smallest absolute Gasteiger partial charge is 0.265 e. The first-order chi connectivity index (χ1) is 10.1. The van der Waals surface area contributed by atoms with Gasteiger partial charge in [0, 0.05) is 16.2 Å². The van der Waals surface area contributed by atoms with Crippen LogP contribution in [0.2, 0.25) is 0 Å². The number of rotatable bonds is 3. The zero-order valence-electron chi connectivity index (χ0n) is 11.6. The Morgan fingerprint density at radius 2 is 2.05 bits per heavy atom. The normalized spacial score (nSPS) is 13.6. The predicted molar refractivity (Wildman–Crippen MR) is 88.6 cm³/mol. The Hall–Kier alpha value is -1.59. The number of thioether (sulfide) groups is 1. The summed E-state index contributed by atoms with van der Waals surface area (Å²) in [6.07, 6.45) is 1.04. The Morgan fingerprint density at radius 3 is 2.81 bits per heavy atom. The fourth-order valence-electron chi connectivity index (χ4n) is 2.34. The first-order valence-electron chi connectivity index (χ1n) is 6.76. The van der Waals surface area contributed by atoms with Crippen molar-refractivity contribution < 1.29 is 9.59 Å². The van der Waals surface area contributed by atoms with Crippen LogP contribution in [0, 0.1) is 0 Å². The summed E-state index contributed by atoms with van der Waals surface area (Å²) < 4.78 is 0. The van der Waals surface area contributed by atoms with Crippen molar-refractivity contribution in [3.63, 3.8) is 0 Å². The molecule has 3 nitrogen and oxygen atoms in total. The lowest BCUT2D eigenvalue weighted by Crippen LogP contribution is -2.12. The third kappa shape index (κ3) is 3.04. The molecule has 1 N–H and O–H groups in total. The summed E-state index contributed by atoms with van der Waals surface area (Å²) in [6, 6.07) is 9.09. The molecule has 1 aliphatic rings. The lowest BCUT2D eigenvalue weighted by Gasteiger charge is -2.08. The van der Waals surface area contributed by atoms with Gasteiger partial charge in [0.15, 0.2) is 5.78 Å². The number of aryl methyl sites for hydroxylation is 1. The first kappa shape index (κ1) is 14.4. The van der Waals surface area contributed by atoms with Gasteiger partial charge >= 0.3 is 0 Å². The number of carbonyl (C=O) groups excluding carboxylic acids is 2. The van der Waals surface area contributed by atoms with E-state index in [0.717, 1.165) is 22.8 Å². The summed E-state index contributed by atoms with van der Waals surface area (Å²) in [5, 5.41) is 2.86. The molecule has 5 heteroatoms. The number of ketones is 1. The van der Waals surface area contributed by atoms with Gasteiger partial charge in [0.1, 0.15) is 0 Å². The largest absolute Gasteiger partial charge is 0.321 e. The van der Waals surface area contributed by atoms with E-state index in [4.69, 9.17) is 0 Å². The van der Waals surface area contributed by atoms with Crippen molar-refractivity contribution in [3.8, 4) is 0 Å². The lowest BCUT2D eigenvalue weighted by molar-refractivity contribution is 0.101.